The van der Waals surface area contributed by atoms with Gasteiger partial charge in [-0.2, -0.15) is 0 Å². The van der Waals surface area contributed by atoms with E-state index in [1.54, 1.807) is 24.3 Å². The molecule has 0 unspecified atom stereocenters. The molecular weight excluding hydrogens is 306 g/mol. The van der Waals surface area contributed by atoms with Gasteiger partial charge in [0.15, 0.2) is 0 Å². The topological polar surface area (TPSA) is 86.7 Å². The monoisotopic (exact) mass is 324 g/mol. The average molecular weight is 324 g/mol. The Labute approximate surface area is 131 Å². The predicted molar refractivity (Wildman–Crippen MR) is 81.0 cm³/mol. The van der Waals surface area contributed by atoms with E-state index in [4.69, 9.17) is 4.74 Å². The van der Waals surface area contributed by atoms with E-state index in [9.17, 15) is 18.9 Å². The van der Waals surface area contributed by atoms with Crippen molar-refractivity contribution >= 4 is 28.4 Å². The van der Waals surface area contributed by atoms with Crippen molar-refractivity contribution in [2.75, 3.05) is 30.1 Å². The van der Waals surface area contributed by atoms with E-state index in [2.05, 4.69) is 0 Å². The van der Waals surface area contributed by atoms with Crippen LogP contribution in [0.3, 0.4) is 0 Å². The molecule has 6 nitrogen and oxygen atoms in total. The van der Waals surface area contributed by atoms with E-state index in [0.29, 0.717) is 35.8 Å². The molecule has 0 aromatic heterocycles. The fourth-order valence-corrected chi connectivity index (χ4v) is 3.75. The van der Waals surface area contributed by atoms with Gasteiger partial charge in [-0.1, -0.05) is 0 Å². The summed E-state index contributed by atoms with van der Waals surface area (Å²) >= 11 is 0. The predicted octanol–water partition coefficient (Wildman–Crippen LogP) is -0.0632. The molecule has 2 rings (SSSR count). The number of benzene rings is 1. The molecular formula is C15H18NO5S-. The smallest absolute Gasteiger partial charge is 0.230 e. The summed E-state index contributed by atoms with van der Waals surface area (Å²) in [6.07, 6.45) is 1.04. The van der Waals surface area contributed by atoms with Crippen LogP contribution in [0.15, 0.2) is 24.3 Å². The van der Waals surface area contributed by atoms with Crippen LogP contribution in [0.1, 0.15) is 12.8 Å². The van der Waals surface area contributed by atoms with Crippen molar-refractivity contribution in [3.8, 4) is 5.75 Å². The van der Waals surface area contributed by atoms with Crippen LogP contribution in [0, 0.1) is 5.92 Å². The molecule has 7 heteroatoms. The van der Waals surface area contributed by atoms with Crippen LogP contribution in [-0.4, -0.2) is 41.2 Å². The molecule has 0 saturated carbocycles. The van der Waals surface area contributed by atoms with Crippen molar-refractivity contribution in [2.24, 2.45) is 5.92 Å². The second kappa shape index (κ2) is 7.40. The molecule has 0 spiro atoms. The lowest BCUT2D eigenvalue weighted by Gasteiger charge is -2.29. The number of ether oxygens (including phenoxy) is 1. The second-order valence-corrected chi connectivity index (χ2v) is 6.81. The van der Waals surface area contributed by atoms with E-state index in [1.807, 2.05) is 0 Å². The standard InChI is InChI=1S/C15H19NO5S/c1-21-13-4-2-12(3-5-13)16(10-14(17)18)15(19)11-6-8-22(20)9-7-11/h2-5,11H,6-10H2,1H3,(H,17,18)/p-1. The zero-order valence-electron chi connectivity index (χ0n) is 12.3. The molecule has 0 radical (unpaired) electrons. The minimum absolute atomic E-state index is 0.258. The maximum absolute atomic E-state index is 12.6. The third-order valence-electron chi connectivity index (χ3n) is 3.67. The Morgan fingerprint density at radius 1 is 1.27 bits per heavy atom. The van der Waals surface area contributed by atoms with Crippen LogP contribution in [0.25, 0.3) is 0 Å². The van der Waals surface area contributed by atoms with E-state index in [1.165, 1.54) is 12.0 Å². The fraction of sp³-hybridized carbons (Fsp3) is 0.467. The van der Waals surface area contributed by atoms with Gasteiger partial charge in [0.1, 0.15) is 5.75 Å². The minimum Gasteiger partial charge on any atom is -0.548 e. The molecule has 1 aliphatic heterocycles. The Kier molecular flexibility index (Phi) is 5.54. The fourth-order valence-electron chi connectivity index (χ4n) is 2.45. The first-order valence-electron chi connectivity index (χ1n) is 7.01. The van der Waals surface area contributed by atoms with Gasteiger partial charge in [-0.05, 0) is 37.1 Å². The summed E-state index contributed by atoms with van der Waals surface area (Å²) < 4.78 is 16.4. The number of carbonyl (C=O) groups excluding carboxylic acids is 2. The first kappa shape index (κ1) is 16.5. The van der Waals surface area contributed by atoms with Gasteiger partial charge in [0.05, 0.1) is 19.6 Å². The highest BCUT2D eigenvalue weighted by molar-refractivity contribution is 7.85. The quantitative estimate of drug-likeness (QED) is 0.757. The number of hydrogen-bond donors (Lipinski definition) is 0. The Morgan fingerprint density at radius 3 is 2.36 bits per heavy atom. The molecule has 22 heavy (non-hydrogen) atoms. The number of methoxy groups -OCH3 is 1. The van der Waals surface area contributed by atoms with Crippen molar-refractivity contribution in [1.29, 1.82) is 0 Å². The number of rotatable bonds is 5. The first-order chi connectivity index (χ1) is 10.5. The zero-order valence-corrected chi connectivity index (χ0v) is 13.1. The first-order valence-corrected chi connectivity index (χ1v) is 8.50. The van der Waals surface area contributed by atoms with E-state index < -0.39 is 23.3 Å². The largest absolute Gasteiger partial charge is 0.548 e. The number of carboxylic acids is 1. The highest BCUT2D eigenvalue weighted by Crippen LogP contribution is 2.25. The molecule has 0 aliphatic carbocycles. The summed E-state index contributed by atoms with van der Waals surface area (Å²) in [5.41, 5.74) is 0.488. The summed E-state index contributed by atoms with van der Waals surface area (Å²) in [6.45, 7) is -0.495. The summed E-state index contributed by atoms with van der Waals surface area (Å²) in [7, 11) is 0.663. The third-order valence-corrected chi connectivity index (χ3v) is 5.06. The van der Waals surface area contributed by atoms with Crippen LogP contribution in [0.2, 0.25) is 0 Å². The lowest BCUT2D eigenvalue weighted by atomic mass is 10.0. The van der Waals surface area contributed by atoms with Crippen LogP contribution in [0.4, 0.5) is 5.69 Å². The molecule has 1 saturated heterocycles. The van der Waals surface area contributed by atoms with Crippen LogP contribution < -0.4 is 14.7 Å². The Bertz CT molecular complexity index is 562. The maximum atomic E-state index is 12.6. The SMILES string of the molecule is COc1ccc(N(CC(=O)[O-])C(=O)C2CCS(=O)CC2)cc1. The lowest BCUT2D eigenvalue weighted by molar-refractivity contribution is -0.303. The van der Waals surface area contributed by atoms with Crippen LogP contribution >= 0.6 is 0 Å². The van der Waals surface area contributed by atoms with Crippen molar-refractivity contribution in [2.45, 2.75) is 12.8 Å². The van der Waals surface area contributed by atoms with Crippen molar-refractivity contribution in [3.63, 3.8) is 0 Å². The van der Waals surface area contributed by atoms with Crippen molar-refractivity contribution in [3.05, 3.63) is 24.3 Å². The number of anilines is 1. The number of aliphatic carboxylic acids is 1. The average Bonchev–Trinajstić information content (AvgIpc) is 2.53. The van der Waals surface area contributed by atoms with Gasteiger partial charge in [0, 0.05) is 33.9 Å². The summed E-state index contributed by atoms with van der Waals surface area (Å²) in [6, 6.07) is 6.61. The van der Waals surface area contributed by atoms with E-state index >= 15 is 0 Å². The molecule has 1 heterocycles. The Balaban J connectivity index is 2.18. The molecule has 0 bridgehead atoms. The van der Waals surface area contributed by atoms with Gasteiger partial charge in [0.2, 0.25) is 5.91 Å². The maximum Gasteiger partial charge on any atom is 0.230 e. The zero-order chi connectivity index (χ0) is 16.1. The van der Waals surface area contributed by atoms with E-state index in [-0.39, 0.29) is 11.8 Å². The van der Waals surface area contributed by atoms with E-state index in [0.717, 1.165) is 0 Å². The summed E-state index contributed by atoms with van der Waals surface area (Å²) in [5, 5.41) is 11.0. The van der Waals surface area contributed by atoms with Gasteiger partial charge in [-0.3, -0.25) is 9.00 Å². The minimum atomic E-state index is -1.32. The number of hydrogen-bond acceptors (Lipinski definition) is 5. The molecule has 0 N–H and O–H groups in total. The molecule has 1 aromatic rings. The van der Waals surface area contributed by atoms with Gasteiger partial charge >= 0.3 is 0 Å². The van der Waals surface area contributed by atoms with Gasteiger partial charge < -0.3 is 19.5 Å². The highest BCUT2D eigenvalue weighted by Gasteiger charge is 2.29. The molecule has 1 aliphatic rings. The number of carboxylic acid groups (broad SMARTS) is 1. The number of carbonyl (C=O) groups is 2. The molecule has 0 atom stereocenters. The van der Waals surface area contributed by atoms with Crippen molar-refractivity contribution < 1.29 is 23.6 Å². The Hall–Kier alpha value is -1.89. The molecule has 120 valence electrons. The summed E-state index contributed by atoms with van der Waals surface area (Å²) in [4.78, 5) is 24.8. The van der Waals surface area contributed by atoms with Gasteiger partial charge in [-0.25, -0.2) is 0 Å². The van der Waals surface area contributed by atoms with Crippen LogP contribution in [0.5, 0.6) is 5.75 Å². The Morgan fingerprint density at radius 2 is 1.86 bits per heavy atom. The van der Waals surface area contributed by atoms with Crippen LogP contribution in [-0.2, 0) is 20.4 Å². The normalized spacial score (nSPS) is 21.1. The second-order valence-electron chi connectivity index (χ2n) is 5.12. The van der Waals surface area contributed by atoms with Crippen molar-refractivity contribution in [1.82, 2.24) is 0 Å². The number of nitrogens with zero attached hydrogens (tertiary/aromatic N) is 1. The van der Waals surface area contributed by atoms with Gasteiger partial charge in [-0.15, -0.1) is 0 Å². The lowest BCUT2D eigenvalue weighted by Crippen LogP contribution is -2.45. The molecule has 1 fully saturated rings. The molecule has 1 amide bonds. The third kappa shape index (κ3) is 4.07. The molecule has 1 aromatic carbocycles. The highest BCUT2D eigenvalue weighted by atomic mass is 32.2. The van der Waals surface area contributed by atoms with Gasteiger partial charge in [0.25, 0.3) is 0 Å². The number of amides is 1. The summed E-state index contributed by atoms with van der Waals surface area (Å²) in [5.74, 6) is -0.275.